The van der Waals surface area contributed by atoms with Gasteiger partial charge in [-0.15, -0.1) is 5.82 Å². The Bertz CT molecular complexity index is 1300. The van der Waals surface area contributed by atoms with E-state index in [0.717, 1.165) is 11.3 Å². The molecule has 1 unspecified atom stereocenters. The van der Waals surface area contributed by atoms with Gasteiger partial charge in [-0.3, -0.25) is 9.13 Å². The fourth-order valence-corrected chi connectivity index (χ4v) is 7.73. The second-order valence-corrected chi connectivity index (χ2v) is 13.0. The Kier molecular flexibility index (Phi) is 8.29. The number of sulfonamides is 1. The summed E-state index contributed by atoms with van der Waals surface area (Å²) >= 11 is 0. The number of aryl methyl sites for hydroxylation is 3. The van der Waals surface area contributed by atoms with Gasteiger partial charge in [0.25, 0.3) is 0 Å². The maximum Gasteiger partial charge on any atom is 0.242 e. The first-order chi connectivity index (χ1) is 17.6. The molecular weight excluding hydrogens is 481 g/mol. The van der Waals surface area contributed by atoms with Crippen LogP contribution < -0.4 is 15.0 Å². The zero-order valence-corrected chi connectivity index (χ0v) is 23.8. The van der Waals surface area contributed by atoms with Crippen molar-refractivity contribution >= 4 is 23.0 Å². The molecule has 1 fully saturated rings. The zero-order chi connectivity index (χ0) is 26.7. The van der Waals surface area contributed by atoms with Crippen LogP contribution in [-0.2, 0) is 24.1 Å². The van der Waals surface area contributed by atoms with E-state index in [4.69, 9.17) is 4.74 Å². The van der Waals surface area contributed by atoms with Gasteiger partial charge in [0.2, 0.25) is 10.0 Å². The Morgan fingerprint density at radius 1 is 1.14 bits per heavy atom. The number of hydrogen-bond acceptors (Lipinski definition) is 3. The molecule has 1 aliphatic rings. The number of imidazole rings is 1. The lowest BCUT2D eigenvalue weighted by Crippen LogP contribution is -2.55. The molecule has 0 aliphatic carbocycles. The Morgan fingerprint density at radius 2 is 1.81 bits per heavy atom. The highest BCUT2D eigenvalue weighted by molar-refractivity contribution is 7.89. The zero-order valence-electron chi connectivity index (χ0n) is 23.0. The minimum atomic E-state index is -3.59. The highest BCUT2D eigenvalue weighted by atomic mass is 32.2. The molecule has 0 amide bonds. The van der Waals surface area contributed by atoms with Crippen molar-refractivity contribution in [3.8, 4) is 5.75 Å². The molecule has 198 valence electrons. The fourth-order valence-electron chi connectivity index (χ4n) is 6.15. The molecule has 6 nitrogen and oxygen atoms in total. The van der Waals surface area contributed by atoms with Gasteiger partial charge in [-0.05, 0) is 61.1 Å². The van der Waals surface area contributed by atoms with E-state index < -0.39 is 17.3 Å². The number of ether oxygens (including phenoxy) is 1. The lowest BCUT2D eigenvalue weighted by atomic mass is 9.52. The van der Waals surface area contributed by atoms with E-state index in [1.165, 1.54) is 11.3 Å². The Hall–Kier alpha value is -2.84. The van der Waals surface area contributed by atoms with E-state index in [2.05, 4.69) is 68.2 Å². The topological polar surface area (TPSA) is 55.4 Å². The van der Waals surface area contributed by atoms with Crippen LogP contribution in [-0.4, -0.2) is 44.3 Å². The first kappa shape index (κ1) is 27.2. The molecule has 1 aliphatic heterocycles. The summed E-state index contributed by atoms with van der Waals surface area (Å²) in [6.07, 6.45) is 5.92. The minimum Gasteiger partial charge on any atom is -0.490 e. The van der Waals surface area contributed by atoms with E-state index in [1.54, 1.807) is 22.5 Å². The van der Waals surface area contributed by atoms with Crippen LogP contribution in [0.15, 0.2) is 78.5 Å². The molecule has 37 heavy (non-hydrogen) atoms. The summed E-state index contributed by atoms with van der Waals surface area (Å²) in [6, 6.07) is 15.7. The molecule has 3 atom stereocenters. The van der Waals surface area contributed by atoms with Crippen molar-refractivity contribution in [2.24, 2.45) is 25.9 Å². The van der Waals surface area contributed by atoms with E-state index in [9.17, 15) is 8.42 Å². The van der Waals surface area contributed by atoms with Crippen molar-refractivity contribution in [1.82, 2.24) is 8.87 Å². The van der Waals surface area contributed by atoms with Crippen molar-refractivity contribution in [1.29, 1.82) is 0 Å². The van der Waals surface area contributed by atoms with Crippen molar-refractivity contribution < 1.29 is 17.7 Å². The number of aromatic nitrogens is 2. The summed E-state index contributed by atoms with van der Waals surface area (Å²) in [5, 5.41) is 0. The van der Waals surface area contributed by atoms with Gasteiger partial charge in [-0.2, -0.15) is 0 Å². The minimum absolute atomic E-state index is 0.202. The molecule has 3 aromatic rings. The predicted octanol–water partition coefficient (Wildman–Crippen LogP) is 3.07. The van der Waals surface area contributed by atoms with Gasteiger partial charge in [0.05, 0.1) is 32.0 Å². The molecule has 1 aromatic heterocycles. The average molecular weight is 522 g/mol. The normalized spacial score (nSPS) is 20.8. The van der Waals surface area contributed by atoms with Crippen LogP contribution in [0, 0.1) is 18.8 Å². The Morgan fingerprint density at radius 3 is 2.38 bits per heavy atom. The Labute approximate surface area is 222 Å². The quantitative estimate of drug-likeness (QED) is 0.247. The largest absolute Gasteiger partial charge is 0.490 e. The third kappa shape index (κ3) is 5.86. The second-order valence-electron chi connectivity index (χ2n) is 11.1. The first-order valence-electron chi connectivity index (χ1n) is 13.3. The summed E-state index contributed by atoms with van der Waals surface area (Å²) < 4.78 is 39.6. The third-order valence-corrected chi connectivity index (χ3v) is 10.1. The molecule has 2 heterocycles. The number of nitrogens with zero attached hydrogens (tertiary/aromatic N) is 3. The SMILES string of the molecule is C=CCOc1ccc(C2[C@H](C(C)C)CN(S(=O)(=O)c3ccc(C)cc3)C[C@@H]2[BH2-]c2n(C)cc[n+]2C)cc1. The maximum atomic E-state index is 13.8. The molecule has 0 radical (unpaired) electrons. The van der Waals surface area contributed by atoms with Crippen molar-refractivity contribution in [2.45, 2.75) is 37.4 Å². The van der Waals surface area contributed by atoms with Gasteiger partial charge in [-0.1, -0.05) is 56.3 Å². The Balaban J connectivity index is 1.74. The van der Waals surface area contributed by atoms with Gasteiger partial charge in [0, 0.05) is 6.54 Å². The van der Waals surface area contributed by atoms with Crippen LogP contribution in [0.4, 0.5) is 0 Å². The predicted molar refractivity (Wildman–Crippen MR) is 152 cm³/mol. The van der Waals surface area contributed by atoms with Gasteiger partial charge >= 0.3 is 0 Å². The van der Waals surface area contributed by atoms with E-state index in [-0.39, 0.29) is 17.7 Å². The number of rotatable bonds is 9. The monoisotopic (exact) mass is 521 g/mol. The molecule has 8 heteroatoms. The molecular formula is C29H40BN3O3S. The van der Waals surface area contributed by atoms with Crippen molar-refractivity contribution in [2.75, 3.05) is 19.7 Å². The number of piperidine rings is 1. The van der Waals surface area contributed by atoms with Crippen LogP contribution in [0.3, 0.4) is 0 Å². The molecule has 0 saturated carbocycles. The average Bonchev–Trinajstić information content (AvgIpc) is 3.19. The summed E-state index contributed by atoms with van der Waals surface area (Å²) in [4.78, 5) is 0.381. The van der Waals surface area contributed by atoms with Crippen LogP contribution in [0.2, 0.25) is 5.82 Å². The van der Waals surface area contributed by atoms with Gasteiger partial charge in [0.1, 0.15) is 24.8 Å². The fraction of sp³-hybridized carbons (Fsp3) is 0.414. The summed E-state index contributed by atoms with van der Waals surface area (Å²) in [5.74, 6) is 1.86. The summed E-state index contributed by atoms with van der Waals surface area (Å²) in [7, 11) is -0.105. The van der Waals surface area contributed by atoms with Crippen LogP contribution in [0.1, 0.15) is 30.9 Å². The highest BCUT2D eigenvalue weighted by Crippen LogP contribution is 2.45. The third-order valence-electron chi connectivity index (χ3n) is 8.29. The van der Waals surface area contributed by atoms with Gasteiger partial charge in [0.15, 0.2) is 0 Å². The molecule has 1 saturated heterocycles. The highest BCUT2D eigenvalue weighted by Gasteiger charge is 2.41. The second kappa shape index (κ2) is 11.3. The van der Waals surface area contributed by atoms with E-state index >= 15 is 0 Å². The van der Waals surface area contributed by atoms with Gasteiger partial charge in [-0.25, -0.2) is 12.7 Å². The van der Waals surface area contributed by atoms with Crippen LogP contribution in [0.25, 0.3) is 0 Å². The standard InChI is InChI=1S/C29H40BN3O3S/c1-7-18-36-24-12-10-23(11-13-24)28-26(21(2)3)19-33(37(34,35)25-14-8-22(4)9-15-25)20-27(28)30-29-31(5)16-17-32(29)6/h7-17,21,26-28H,1,18-20,30H2,2-6H3/t26-,27-,28?/m0/s1. The molecule has 0 N–H and O–H groups in total. The summed E-state index contributed by atoms with van der Waals surface area (Å²) in [5.41, 5.74) is 3.62. The molecule has 2 aromatic carbocycles. The van der Waals surface area contributed by atoms with Gasteiger partial charge < -0.3 is 4.74 Å². The maximum absolute atomic E-state index is 13.8. The van der Waals surface area contributed by atoms with E-state index in [0.29, 0.717) is 30.5 Å². The lowest BCUT2D eigenvalue weighted by Gasteiger charge is -2.47. The molecule has 0 bridgehead atoms. The van der Waals surface area contributed by atoms with Crippen molar-refractivity contribution in [3.63, 3.8) is 0 Å². The number of hydrogen-bond donors (Lipinski definition) is 0. The van der Waals surface area contributed by atoms with Crippen LogP contribution in [0.5, 0.6) is 5.75 Å². The smallest absolute Gasteiger partial charge is 0.242 e. The van der Waals surface area contributed by atoms with Crippen LogP contribution >= 0.6 is 0 Å². The lowest BCUT2D eigenvalue weighted by molar-refractivity contribution is -0.653. The molecule has 0 spiro atoms. The molecule has 4 rings (SSSR count). The van der Waals surface area contributed by atoms with Crippen molar-refractivity contribution in [3.05, 3.63) is 84.7 Å². The first-order valence-corrected chi connectivity index (χ1v) is 14.8. The van der Waals surface area contributed by atoms with E-state index in [1.807, 2.05) is 31.2 Å². The number of benzene rings is 2. The summed E-state index contributed by atoms with van der Waals surface area (Å²) in [6.45, 7) is 11.7.